The van der Waals surface area contributed by atoms with Crippen LogP contribution in [0.2, 0.25) is 0 Å². The fourth-order valence-electron chi connectivity index (χ4n) is 1.83. The lowest BCUT2D eigenvalue weighted by atomic mass is 10.0. The summed E-state index contributed by atoms with van der Waals surface area (Å²) in [5.41, 5.74) is -0.103. The summed E-state index contributed by atoms with van der Waals surface area (Å²) in [7, 11) is -2.34. The maximum Gasteiger partial charge on any atom is 0.352 e. The Morgan fingerprint density at radius 1 is 1.45 bits per heavy atom. The van der Waals surface area contributed by atoms with E-state index in [1.807, 2.05) is 13.8 Å². The molecular weight excluding hydrogens is 284 g/mol. The van der Waals surface area contributed by atoms with Crippen molar-refractivity contribution in [2.45, 2.75) is 31.2 Å². The van der Waals surface area contributed by atoms with Gasteiger partial charge in [-0.15, -0.1) is 0 Å². The standard InChI is InChI=1S/C12H20N2O5S/c1-8(2)10(4-5-15)13-20(18,19)9-6-11(12(16)17)14(3)7-9/h6-8,10,13,15H,4-5H2,1-3H3,(H,16,17). The maximum atomic E-state index is 12.2. The number of nitrogens with one attached hydrogen (secondary N) is 1. The molecule has 1 heterocycles. The van der Waals surface area contributed by atoms with Crippen LogP contribution in [-0.2, 0) is 17.1 Å². The number of aromatic carboxylic acids is 1. The smallest absolute Gasteiger partial charge is 0.352 e. The van der Waals surface area contributed by atoms with E-state index in [-0.39, 0.29) is 23.1 Å². The number of aromatic nitrogens is 1. The number of nitrogens with zero attached hydrogens (tertiary/aromatic N) is 1. The maximum absolute atomic E-state index is 12.2. The van der Waals surface area contributed by atoms with Crippen molar-refractivity contribution >= 4 is 16.0 Å². The fraction of sp³-hybridized carbons (Fsp3) is 0.583. The first-order valence-electron chi connectivity index (χ1n) is 6.22. The normalized spacial score (nSPS) is 13.7. The lowest BCUT2D eigenvalue weighted by Gasteiger charge is -2.20. The summed E-state index contributed by atoms with van der Waals surface area (Å²) in [5.74, 6) is -1.18. The van der Waals surface area contributed by atoms with E-state index in [1.165, 1.54) is 17.8 Å². The first-order chi connectivity index (χ1) is 9.19. The molecule has 7 nitrogen and oxygen atoms in total. The SMILES string of the molecule is CC(C)C(CCO)NS(=O)(=O)c1cc(C(=O)O)n(C)c1. The molecule has 0 aliphatic carbocycles. The third kappa shape index (κ3) is 3.81. The molecule has 1 unspecified atom stereocenters. The van der Waals surface area contributed by atoms with E-state index in [0.717, 1.165) is 6.07 Å². The number of aliphatic hydroxyl groups excluding tert-OH is 1. The second-order valence-electron chi connectivity index (χ2n) is 4.96. The number of carboxylic acids is 1. The molecule has 0 fully saturated rings. The molecule has 1 rings (SSSR count). The Morgan fingerprint density at radius 2 is 2.05 bits per heavy atom. The van der Waals surface area contributed by atoms with Gasteiger partial charge in [-0.1, -0.05) is 13.8 Å². The van der Waals surface area contributed by atoms with Gasteiger partial charge in [0.2, 0.25) is 10.0 Å². The Hall–Kier alpha value is -1.38. The highest BCUT2D eigenvalue weighted by molar-refractivity contribution is 7.89. The zero-order chi connectivity index (χ0) is 15.5. The number of sulfonamides is 1. The largest absolute Gasteiger partial charge is 0.477 e. The van der Waals surface area contributed by atoms with Gasteiger partial charge in [0.25, 0.3) is 0 Å². The monoisotopic (exact) mass is 304 g/mol. The van der Waals surface area contributed by atoms with Gasteiger partial charge in [0.15, 0.2) is 0 Å². The van der Waals surface area contributed by atoms with Crippen molar-refractivity contribution in [1.29, 1.82) is 0 Å². The summed E-state index contributed by atoms with van der Waals surface area (Å²) >= 11 is 0. The van der Waals surface area contributed by atoms with Gasteiger partial charge in [0.05, 0.1) is 0 Å². The zero-order valence-electron chi connectivity index (χ0n) is 11.7. The highest BCUT2D eigenvalue weighted by Crippen LogP contribution is 2.16. The minimum atomic E-state index is -3.81. The molecule has 1 aromatic heterocycles. The molecule has 0 aliphatic heterocycles. The van der Waals surface area contributed by atoms with Gasteiger partial charge in [-0.2, -0.15) is 0 Å². The van der Waals surface area contributed by atoms with Gasteiger partial charge in [0.1, 0.15) is 10.6 Å². The van der Waals surface area contributed by atoms with E-state index >= 15 is 0 Å². The number of aryl methyl sites for hydroxylation is 1. The first kappa shape index (κ1) is 16.7. The third-order valence-corrected chi connectivity index (χ3v) is 4.52. The van der Waals surface area contributed by atoms with Crippen molar-refractivity contribution in [2.24, 2.45) is 13.0 Å². The van der Waals surface area contributed by atoms with Crippen molar-refractivity contribution in [3.8, 4) is 0 Å². The number of aliphatic hydroxyl groups is 1. The number of carbonyl (C=O) groups is 1. The van der Waals surface area contributed by atoms with Gasteiger partial charge in [-0.05, 0) is 18.4 Å². The number of carboxylic acid groups (broad SMARTS) is 1. The van der Waals surface area contributed by atoms with E-state index in [0.29, 0.717) is 6.42 Å². The lowest BCUT2D eigenvalue weighted by Crippen LogP contribution is -2.39. The van der Waals surface area contributed by atoms with Crippen LogP contribution in [0.3, 0.4) is 0 Å². The van der Waals surface area contributed by atoms with E-state index < -0.39 is 22.0 Å². The van der Waals surface area contributed by atoms with Crippen molar-refractivity contribution in [3.05, 3.63) is 18.0 Å². The summed E-state index contributed by atoms with van der Waals surface area (Å²) in [5, 5.41) is 17.9. The van der Waals surface area contributed by atoms with Gasteiger partial charge >= 0.3 is 5.97 Å². The minimum Gasteiger partial charge on any atom is -0.477 e. The zero-order valence-corrected chi connectivity index (χ0v) is 12.5. The highest BCUT2D eigenvalue weighted by atomic mass is 32.2. The summed E-state index contributed by atoms with van der Waals surface area (Å²) in [6.45, 7) is 3.56. The van der Waals surface area contributed by atoms with Crippen molar-refractivity contribution < 1.29 is 23.4 Å². The molecule has 0 saturated carbocycles. The van der Waals surface area contributed by atoms with Crippen LogP contribution in [0.5, 0.6) is 0 Å². The Labute approximate surface area is 118 Å². The Balaban J connectivity index is 3.04. The van der Waals surface area contributed by atoms with Crippen LogP contribution >= 0.6 is 0 Å². The Morgan fingerprint density at radius 3 is 2.45 bits per heavy atom. The van der Waals surface area contributed by atoms with E-state index in [2.05, 4.69) is 4.72 Å². The quantitative estimate of drug-likeness (QED) is 0.676. The van der Waals surface area contributed by atoms with Gasteiger partial charge in [-0.3, -0.25) is 0 Å². The molecule has 114 valence electrons. The summed E-state index contributed by atoms with van der Waals surface area (Å²) < 4.78 is 28.2. The van der Waals surface area contributed by atoms with Gasteiger partial charge in [-0.25, -0.2) is 17.9 Å². The molecule has 1 atom stereocenters. The highest BCUT2D eigenvalue weighted by Gasteiger charge is 2.24. The third-order valence-electron chi connectivity index (χ3n) is 3.06. The second kappa shape index (κ2) is 6.38. The van der Waals surface area contributed by atoms with Crippen molar-refractivity contribution in [1.82, 2.24) is 9.29 Å². The molecule has 0 radical (unpaired) electrons. The molecule has 20 heavy (non-hydrogen) atoms. The fourth-order valence-corrected chi connectivity index (χ4v) is 3.32. The molecule has 0 aromatic carbocycles. The number of hydrogen-bond donors (Lipinski definition) is 3. The molecule has 0 amide bonds. The Kier molecular flexibility index (Phi) is 5.32. The predicted octanol–water partition coefficient (Wildman–Crippen LogP) is 0.409. The molecule has 1 aromatic rings. The minimum absolute atomic E-state index is 0.0135. The molecule has 0 aliphatic rings. The average molecular weight is 304 g/mol. The molecule has 0 saturated heterocycles. The second-order valence-corrected chi connectivity index (χ2v) is 6.68. The van der Waals surface area contributed by atoms with E-state index in [1.54, 1.807) is 0 Å². The van der Waals surface area contributed by atoms with Crippen molar-refractivity contribution in [2.75, 3.05) is 6.61 Å². The average Bonchev–Trinajstić information content (AvgIpc) is 2.71. The predicted molar refractivity (Wildman–Crippen MR) is 73.0 cm³/mol. The van der Waals surface area contributed by atoms with Crippen LogP contribution in [0.1, 0.15) is 30.8 Å². The molecule has 3 N–H and O–H groups in total. The summed E-state index contributed by atoms with van der Waals surface area (Å²) in [6.07, 6.45) is 1.55. The summed E-state index contributed by atoms with van der Waals surface area (Å²) in [4.78, 5) is 10.8. The van der Waals surface area contributed by atoms with E-state index in [9.17, 15) is 13.2 Å². The number of hydrogen-bond acceptors (Lipinski definition) is 4. The van der Waals surface area contributed by atoms with Crippen LogP contribution in [0.25, 0.3) is 0 Å². The van der Waals surface area contributed by atoms with Crippen LogP contribution in [0.4, 0.5) is 0 Å². The first-order valence-corrected chi connectivity index (χ1v) is 7.70. The van der Waals surface area contributed by atoms with Gasteiger partial charge in [0, 0.05) is 25.9 Å². The van der Waals surface area contributed by atoms with Crippen LogP contribution < -0.4 is 4.72 Å². The molecule has 0 bridgehead atoms. The molecule has 8 heteroatoms. The van der Waals surface area contributed by atoms with Crippen LogP contribution in [-0.4, -0.2) is 41.8 Å². The summed E-state index contributed by atoms with van der Waals surface area (Å²) in [6, 6.07) is 0.708. The number of rotatable bonds is 7. The van der Waals surface area contributed by atoms with Crippen LogP contribution in [0.15, 0.2) is 17.2 Å². The lowest BCUT2D eigenvalue weighted by molar-refractivity contribution is 0.0686. The molecule has 0 spiro atoms. The molecular formula is C12H20N2O5S. The van der Waals surface area contributed by atoms with Crippen molar-refractivity contribution in [3.63, 3.8) is 0 Å². The van der Waals surface area contributed by atoms with E-state index in [4.69, 9.17) is 10.2 Å². The Bertz CT molecular complexity index is 577. The van der Waals surface area contributed by atoms with Gasteiger partial charge < -0.3 is 14.8 Å². The topological polar surface area (TPSA) is 109 Å². The van der Waals surface area contributed by atoms with Crippen LogP contribution in [0, 0.1) is 5.92 Å².